The highest BCUT2D eigenvalue weighted by atomic mass is 32.2. The highest BCUT2D eigenvalue weighted by molar-refractivity contribution is 7.84. The molecule has 0 radical (unpaired) electrons. The molecule has 3 unspecified atom stereocenters. The standard InChI is InChI=1S/C13H20FNO2S/c1-9(18(3)17)6-7-15-10(2)12-8-11(14)4-5-13(12)16/h4-5,8-10,15-16H,6-7H2,1-3H3. The number of hydrogen-bond acceptors (Lipinski definition) is 3. The smallest absolute Gasteiger partial charge is 0.123 e. The highest BCUT2D eigenvalue weighted by Crippen LogP contribution is 2.24. The second-order valence-electron chi connectivity index (χ2n) is 4.48. The number of phenols is 1. The van der Waals surface area contributed by atoms with Crippen LogP contribution in [0.3, 0.4) is 0 Å². The molecule has 1 rings (SSSR count). The van der Waals surface area contributed by atoms with E-state index in [2.05, 4.69) is 5.32 Å². The molecule has 0 spiro atoms. The third-order valence-corrected chi connectivity index (χ3v) is 4.39. The maximum atomic E-state index is 13.1. The van der Waals surface area contributed by atoms with E-state index in [1.807, 2.05) is 13.8 Å². The van der Waals surface area contributed by atoms with E-state index in [-0.39, 0.29) is 22.9 Å². The van der Waals surface area contributed by atoms with Crippen LogP contribution in [0.15, 0.2) is 18.2 Å². The minimum atomic E-state index is -0.827. The van der Waals surface area contributed by atoms with Crippen LogP contribution < -0.4 is 5.32 Å². The van der Waals surface area contributed by atoms with Crippen molar-refractivity contribution in [3.8, 4) is 5.75 Å². The van der Waals surface area contributed by atoms with E-state index in [1.54, 1.807) is 6.26 Å². The fourth-order valence-electron chi connectivity index (χ4n) is 1.65. The van der Waals surface area contributed by atoms with E-state index in [0.29, 0.717) is 12.1 Å². The molecule has 0 bridgehead atoms. The Bertz CT molecular complexity index is 425. The van der Waals surface area contributed by atoms with Crippen LogP contribution in [-0.2, 0) is 10.8 Å². The molecule has 0 aliphatic carbocycles. The first-order valence-electron chi connectivity index (χ1n) is 5.96. The monoisotopic (exact) mass is 273 g/mol. The van der Waals surface area contributed by atoms with Gasteiger partial charge in [0.05, 0.1) is 0 Å². The van der Waals surface area contributed by atoms with Gasteiger partial charge in [-0.05, 0) is 38.1 Å². The number of phenolic OH excluding ortho intramolecular Hbond substituents is 1. The molecule has 0 aromatic heterocycles. The van der Waals surface area contributed by atoms with Gasteiger partial charge < -0.3 is 10.4 Å². The van der Waals surface area contributed by atoms with Crippen LogP contribution in [0.1, 0.15) is 31.9 Å². The van der Waals surface area contributed by atoms with E-state index in [0.717, 1.165) is 6.42 Å². The lowest BCUT2D eigenvalue weighted by Crippen LogP contribution is -2.24. The van der Waals surface area contributed by atoms with Crippen LogP contribution in [0.25, 0.3) is 0 Å². The molecule has 2 N–H and O–H groups in total. The third kappa shape index (κ3) is 4.38. The second kappa shape index (κ2) is 6.85. The zero-order chi connectivity index (χ0) is 13.7. The summed E-state index contributed by atoms with van der Waals surface area (Å²) in [5.74, 6) is -0.275. The summed E-state index contributed by atoms with van der Waals surface area (Å²) in [6.07, 6.45) is 2.47. The number of aromatic hydroxyl groups is 1. The Kier molecular flexibility index (Phi) is 5.75. The lowest BCUT2D eigenvalue weighted by Gasteiger charge is -2.17. The molecule has 102 valence electrons. The second-order valence-corrected chi connectivity index (χ2v) is 6.28. The molecule has 1 aromatic carbocycles. The van der Waals surface area contributed by atoms with E-state index < -0.39 is 10.8 Å². The zero-order valence-electron chi connectivity index (χ0n) is 10.9. The Hall–Kier alpha value is -0.940. The molecule has 1 aromatic rings. The molecule has 18 heavy (non-hydrogen) atoms. The molecular weight excluding hydrogens is 253 g/mol. The SMILES string of the molecule is CC(NCCC(C)S(C)=O)c1cc(F)ccc1O. The molecule has 0 saturated carbocycles. The first-order valence-corrected chi connectivity index (χ1v) is 7.58. The highest BCUT2D eigenvalue weighted by Gasteiger charge is 2.12. The first kappa shape index (κ1) is 15.1. The van der Waals surface area contributed by atoms with Crippen LogP contribution in [0, 0.1) is 5.82 Å². The van der Waals surface area contributed by atoms with Gasteiger partial charge in [-0.15, -0.1) is 0 Å². The summed E-state index contributed by atoms with van der Waals surface area (Å²) in [6.45, 7) is 4.47. The number of benzene rings is 1. The molecule has 0 fully saturated rings. The van der Waals surface area contributed by atoms with Crippen LogP contribution in [-0.4, -0.2) is 27.4 Å². The van der Waals surface area contributed by atoms with Gasteiger partial charge in [0, 0.05) is 33.9 Å². The van der Waals surface area contributed by atoms with Gasteiger partial charge in [0.15, 0.2) is 0 Å². The lowest BCUT2D eigenvalue weighted by atomic mass is 10.1. The van der Waals surface area contributed by atoms with E-state index in [9.17, 15) is 13.7 Å². The van der Waals surface area contributed by atoms with Gasteiger partial charge in [-0.1, -0.05) is 6.92 Å². The number of nitrogens with one attached hydrogen (secondary N) is 1. The maximum absolute atomic E-state index is 13.1. The van der Waals surface area contributed by atoms with Crippen LogP contribution in [0.4, 0.5) is 4.39 Å². The van der Waals surface area contributed by atoms with Crippen molar-refractivity contribution in [2.24, 2.45) is 0 Å². The minimum absolute atomic E-state index is 0.0866. The predicted octanol–water partition coefficient (Wildman–Crippen LogP) is 2.34. The summed E-state index contributed by atoms with van der Waals surface area (Å²) < 4.78 is 24.3. The summed E-state index contributed by atoms with van der Waals surface area (Å²) in [5, 5.41) is 13.0. The molecule has 0 aliphatic heterocycles. The maximum Gasteiger partial charge on any atom is 0.123 e. The van der Waals surface area contributed by atoms with Crippen molar-refractivity contribution in [2.75, 3.05) is 12.8 Å². The average Bonchev–Trinajstić information content (AvgIpc) is 2.31. The molecule has 0 heterocycles. The number of halogens is 1. The Morgan fingerprint density at radius 3 is 2.72 bits per heavy atom. The Labute approximate surface area is 110 Å². The van der Waals surface area contributed by atoms with Crippen LogP contribution in [0.2, 0.25) is 0 Å². The average molecular weight is 273 g/mol. The number of rotatable bonds is 6. The van der Waals surface area contributed by atoms with Crippen LogP contribution in [0.5, 0.6) is 5.75 Å². The van der Waals surface area contributed by atoms with E-state index >= 15 is 0 Å². The fourth-order valence-corrected chi connectivity index (χ4v) is 2.10. The van der Waals surface area contributed by atoms with Gasteiger partial charge in [0.1, 0.15) is 11.6 Å². The minimum Gasteiger partial charge on any atom is -0.508 e. The predicted molar refractivity (Wildman–Crippen MR) is 72.6 cm³/mol. The van der Waals surface area contributed by atoms with Gasteiger partial charge in [-0.2, -0.15) is 0 Å². The van der Waals surface area contributed by atoms with Gasteiger partial charge >= 0.3 is 0 Å². The normalized spacial score (nSPS) is 16.2. The van der Waals surface area contributed by atoms with Crippen molar-refractivity contribution in [3.63, 3.8) is 0 Å². The molecule has 3 nitrogen and oxygen atoms in total. The third-order valence-electron chi connectivity index (χ3n) is 3.02. The van der Waals surface area contributed by atoms with Crippen molar-refractivity contribution in [1.29, 1.82) is 0 Å². The Morgan fingerprint density at radius 2 is 2.11 bits per heavy atom. The molecular formula is C13H20FNO2S. The summed E-state index contributed by atoms with van der Waals surface area (Å²) in [4.78, 5) is 0. The van der Waals surface area contributed by atoms with Crippen molar-refractivity contribution < 1.29 is 13.7 Å². The molecule has 0 saturated heterocycles. The summed E-state index contributed by atoms with van der Waals surface area (Å²) in [7, 11) is -0.827. The van der Waals surface area contributed by atoms with Gasteiger partial charge in [0.2, 0.25) is 0 Å². The topological polar surface area (TPSA) is 49.3 Å². The van der Waals surface area contributed by atoms with E-state index in [4.69, 9.17) is 0 Å². The molecule has 0 amide bonds. The van der Waals surface area contributed by atoms with Gasteiger partial charge in [0.25, 0.3) is 0 Å². The quantitative estimate of drug-likeness (QED) is 0.836. The molecule has 5 heteroatoms. The summed E-state index contributed by atoms with van der Waals surface area (Å²) in [5.41, 5.74) is 0.542. The largest absolute Gasteiger partial charge is 0.508 e. The van der Waals surface area contributed by atoms with Crippen molar-refractivity contribution >= 4 is 10.8 Å². The summed E-state index contributed by atoms with van der Waals surface area (Å²) >= 11 is 0. The van der Waals surface area contributed by atoms with Crippen molar-refractivity contribution in [3.05, 3.63) is 29.6 Å². The van der Waals surface area contributed by atoms with E-state index in [1.165, 1.54) is 18.2 Å². The van der Waals surface area contributed by atoms with Crippen molar-refractivity contribution in [1.82, 2.24) is 5.32 Å². The molecule has 0 aliphatic rings. The number of hydrogen-bond donors (Lipinski definition) is 2. The Morgan fingerprint density at radius 1 is 1.44 bits per heavy atom. The van der Waals surface area contributed by atoms with Gasteiger partial charge in [-0.25, -0.2) is 4.39 Å². The first-order chi connectivity index (χ1) is 8.41. The van der Waals surface area contributed by atoms with Gasteiger partial charge in [-0.3, -0.25) is 4.21 Å². The lowest BCUT2D eigenvalue weighted by molar-refractivity contribution is 0.448. The van der Waals surface area contributed by atoms with Crippen molar-refractivity contribution in [2.45, 2.75) is 31.6 Å². The molecule has 3 atom stereocenters. The van der Waals surface area contributed by atoms with Crippen LogP contribution >= 0.6 is 0 Å². The Balaban J connectivity index is 2.52. The fraction of sp³-hybridized carbons (Fsp3) is 0.538. The zero-order valence-corrected chi connectivity index (χ0v) is 11.8. The summed E-state index contributed by atoms with van der Waals surface area (Å²) in [6, 6.07) is 3.77.